The molecule has 0 aliphatic rings. The number of imidazole rings is 1. The Labute approximate surface area is 302 Å². The van der Waals surface area contributed by atoms with E-state index in [0.29, 0.717) is 47.0 Å². The second-order valence-corrected chi connectivity index (χ2v) is 11.5. The summed E-state index contributed by atoms with van der Waals surface area (Å²) in [5.41, 5.74) is 11.3. The van der Waals surface area contributed by atoms with Crippen molar-refractivity contribution >= 4 is 51.2 Å². The summed E-state index contributed by atoms with van der Waals surface area (Å²) < 4.78 is 86.9. The van der Waals surface area contributed by atoms with Gasteiger partial charge in [-0.3, -0.25) is 4.79 Å². The first-order valence-corrected chi connectivity index (χ1v) is 15.7. The molecule has 0 saturated carbocycles. The van der Waals surface area contributed by atoms with Gasteiger partial charge in [-0.1, -0.05) is 13.0 Å². The van der Waals surface area contributed by atoms with Crippen molar-refractivity contribution in [3.05, 3.63) is 88.6 Å². The van der Waals surface area contributed by atoms with Crippen molar-refractivity contribution < 1.29 is 65.2 Å². The average molecular weight is 770 g/mol. The highest BCUT2D eigenvalue weighted by Crippen LogP contribution is 2.36. The summed E-state index contributed by atoms with van der Waals surface area (Å²) in [7, 11) is 0. The number of nitrogens with one attached hydrogen (secondary N) is 1. The zero-order valence-corrected chi connectivity index (χ0v) is 28.9. The fourth-order valence-corrected chi connectivity index (χ4v) is 5.01. The minimum atomic E-state index is -5.08. The number of fused-ring (bicyclic) bond motifs is 2. The topological polar surface area (TPSA) is 190 Å². The van der Waals surface area contributed by atoms with E-state index >= 15 is 4.39 Å². The minimum Gasteiger partial charge on any atom is -0.491 e. The molecule has 0 radical (unpaired) electrons. The lowest BCUT2D eigenvalue weighted by atomic mass is 9.99. The largest absolute Gasteiger partial charge is 0.491 e. The molecule has 5 aromatic rings. The van der Waals surface area contributed by atoms with Crippen molar-refractivity contribution in [3.63, 3.8) is 0 Å². The number of nitrogens with zero attached hydrogens (tertiary/aromatic N) is 3. The molecule has 6 N–H and O–H groups in total. The number of ether oxygens (including phenoxy) is 1. The van der Waals surface area contributed by atoms with Crippen LogP contribution in [0.15, 0.2) is 54.7 Å². The van der Waals surface area contributed by atoms with Crippen LogP contribution in [-0.2, 0) is 27.3 Å². The van der Waals surface area contributed by atoms with Crippen molar-refractivity contribution in [3.8, 4) is 5.75 Å². The summed E-state index contributed by atoms with van der Waals surface area (Å²) in [5.74, 6) is -6.12. The third kappa shape index (κ3) is 10.5. The highest BCUT2D eigenvalue weighted by molar-refractivity contribution is 5.93. The molecule has 12 nitrogen and oxygen atoms in total. The first-order chi connectivity index (χ1) is 25.1. The molecule has 0 bridgehead atoms. The lowest BCUT2D eigenvalue weighted by Crippen LogP contribution is -2.22. The van der Waals surface area contributed by atoms with Crippen LogP contribution >= 0.6 is 0 Å². The first-order valence-electron chi connectivity index (χ1n) is 15.7. The highest BCUT2D eigenvalue weighted by atomic mass is 19.4. The van der Waals surface area contributed by atoms with Crippen LogP contribution in [0.25, 0.3) is 21.8 Å². The number of hydrogen-bond acceptors (Lipinski definition) is 8. The van der Waals surface area contributed by atoms with Crippen LogP contribution < -0.4 is 15.8 Å². The van der Waals surface area contributed by atoms with E-state index in [1.54, 1.807) is 29.8 Å². The molecule has 2 aromatic heterocycles. The van der Waals surface area contributed by atoms with Crippen molar-refractivity contribution in [1.29, 1.82) is 0 Å². The van der Waals surface area contributed by atoms with E-state index in [1.165, 1.54) is 0 Å². The summed E-state index contributed by atoms with van der Waals surface area (Å²) in [6.07, 6.45) is -7.87. The van der Waals surface area contributed by atoms with Gasteiger partial charge in [-0.25, -0.2) is 23.9 Å². The standard InChI is InChI=1S/C31H32FN5O3.2C2HF3O2/c1-5-19-13-23(28(32)26(14-19)40-6-2)29(35-21-7-8-22-20(15-21)9-10-34-30(22)33)31-36-24-11-17(3)18(4)12-25(24)37(31)16-27(38)39;2*3-2(4,5)1(6)7/h7-15,29,35H,5-6,16H2,1-4H3,(H2,33,34)(H,38,39);2*(H,6,7). The van der Waals surface area contributed by atoms with E-state index in [4.69, 9.17) is 35.3 Å². The Balaban J connectivity index is 0.000000476. The van der Waals surface area contributed by atoms with E-state index in [-0.39, 0.29) is 12.3 Å². The molecule has 5 rings (SSSR count). The van der Waals surface area contributed by atoms with Crippen molar-refractivity contribution in [2.75, 3.05) is 17.7 Å². The molecule has 0 aliphatic carbocycles. The molecule has 1 unspecified atom stereocenters. The zero-order valence-electron chi connectivity index (χ0n) is 28.9. The number of rotatable bonds is 9. The normalized spacial score (nSPS) is 11.9. The molecule has 290 valence electrons. The van der Waals surface area contributed by atoms with Crippen LogP contribution in [0.4, 0.5) is 42.2 Å². The number of carbonyl (C=O) groups is 3. The quantitative estimate of drug-likeness (QED) is 0.0937. The van der Waals surface area contributed by atoms with Crippen molar-refractivity contribution in [2.45, 2.75) is 59.1 Å². The number of nitrogens with two attached hydrogens (primary N) is 1. The second kappa shape index (κ2) is 17.1. The van der Waals surface area contributed by atoms with Gasteiger partial charge in [0, 0.05) is 22.8 Å². The van der Waals surface area contributed by atoms with Gasteiger partial charge in [-0.15, -0.1) is 0 Å². The molecule has 54 heavy (non-hydrogen) atoms. The van der Waals surface area contributed by atoms with Crippen LogP contribution in [0, 0.1) is 19.7 Å². The van der Waals surface area contributed by atoms with E-state index in [0.717, 1.165) is 27.5 Å². The number of anilines is 2. The van der Waals surface area contributed by atoms with Gasteiger partial charge in [0.05, 0.1) is 17.6 Å². The maximum Gasteiger partial charge on any atom is 0.490 e. The number of alkyl halides is 6. The molecule has 0 amide bonds. The molecular formula is C35H34F7N5O7. The zero-order chi connectivity index (χ0) is 40.7. The molecule has 1 atom stereocenters. The summed E-state index contributed by atoms with van der Waals surface area (Å²) in [5, 5.41) is 29.2. The lowest BCUT2D eigenvalue weighted by Gasteiger charge is -2.23. The van der Waals surface area contributed by atoms with Gasteiger partial charge >= 0.3 is 30.3 Å². The molecule has 0 fully saturated rings. The summed E-state index contributed by atoms with van der Waals surface area (Å²) in [4.78, 5) is 38.9. The van der Waals surface area contributed by atoms with Crippen LogP contribution in [0.5, 0.6) is 5.75 Å². The van der Waals surface area contributed by atoms with Crippen LogP contribution in [-0.4, -0.2) is 66.7 Å². The van der Waals surface area contributed by atoms with Gasteiger partial charge in [-0.05, 0) is 91.7 Å². The fourth-order valence-electron chi connectivity index (χ4n) is 5.01. The van der Waals surface area contributed by atoms with Crippen molar-refractivity contribution in [1.82, 2.24) is 14.5 Å². The Morgan fingerprint density at radius 2 is 1.50 bits per heavy atom. The van der Waals surface area contributed by atoms with E-state index in [9.17, 15) is 36.2 Å². The second-order valence-electron chi connectivity index (χ2n) is 11.5. The van der Waals surface area contributed by atoms with Crippen molar-refractivity contribution in [2.24, 2.45) is 0 Å². The number of aliphatic carboxylic acids is 3. The Bertz CT molecular complexity index is 2150. The van der Waals surface area contributed by atoms with Crippen LogP contribution in [0.1, 0.15) is 48.0 Å². The molecule has 19 heteroatoms. The minimum absolute atomic E-state index is 0.147. The Kier molecular flexibility index (Phi) is 13.4. The maximum atomic E-state index is 16.2. The number of halogens is 7. The number of benzene rings is 3. The number of pyridine rings is 1. The predicted octanol–water partition coefficient (Wildman–Crippen LogP) is 7.44. The molecule has 0 spiro atoms. The number of aromatic nitrogens is 3. The Morgan fingerprint density at radius 3 is 2.04 bits per heavy atom. The fraction of sp³-hybridized carbons (Fsp3) is 0.286. The van der Waals surface area contributed by atoms with Crippen LogP contribution in [0.2, 0.25) is 0 Å². The van der Waals surface area contributed by atoms with E-state index < -0.39 is 42.1 Å². The van der Waals surface area contributed by atoms with Gasteiger partial charge in [0.25, 0.3) is 0 Å². The number of carboxylic acid groups (broad SMARTS) is 3. The van der Waals surface area contributed by atoms with Gasteiger partial charge < -0.3 is 35.7 Å². The third-order valence-electron chi connectivity index (χ3n) is 7.68. The Hall–Kier alpha value is -6.14. The third-order valence-corrected chi connectivity index (χ3v) is 7.68. The number of carboxylic acids is 3. The lowest BCUT2D eigenvalue weighted by molar-refractivity contribution is -0.193. The van der Waals surface area contributed by atoms with E-state index in [1.807, 2.05) is 57.2 Å². The predicted molar refractivity (Wildman–Crippen MR) is 183 cm³/mol. The number of nitrogen functional groups attached to an aromatic ring is 1. The average Bonchev–Trinajstić information content (AvgIpc) is 3.40. The van der Waals surface area contributed by atoms with Crippen LogP contribution in [0.3, 0.4) is 0 Å². The summed E-state index contributed by atoms with van der Waals surface area (Å²) >= 11 is 0. The van der Waals surface area contributed by atoms with Gasteiger partial charge in [0.2, 0.25) is 0 Å². The highest BCUT2D eigenvalue weighted by Gasteiger charge is 2.39. The SMILES string of the molecule is CCOc1cc(CC)cc(C(Nc2ccc3c(N)nccc3c2)c2nc3cc(C)c(C)cc3n2CC(=O)O)c1F.O=C(O)C(F)(F)F.O=C(O)C(F)(F)F. The van der Waals surface area contributed by atoms with Gasteiger partial charge in [0.1, 0.15) is 24.2 Å². The summed E-state index contributed by atoms with van der Waals surface area (Å²) in [6.45, 7) is 7.71. The number of aryl methyl sites for hydroxylation is 3. The van der Waals surface area contributed by atoms with E-state index in [2.05, 4.69) is 10.3 Å². The molecule has 3 aromatic carbocycles. The van der Waals surface area contributed by atoms with Gasteiger partial charge in [-0.2, -0.15) is 26.3 Å². The molecule has 2 heterocycles. The Morgan fingerprint density at radius 1 is 0.907 bits per heavy atom. The van der Waals surface area contributed by atoms with Gasteiger partial charge in [0.15, 0.2) is 11.6 Å². The molecule has 0 saturated heterocycles. The molecule has 0 aliphatic heterocycles. The smallest absolute Gasteiger partial charge is 0.490 e. The monoisotopic (exact) mass is 769 g/mol. The molecular weight excluding hydrogens is 735 g/mol. The number of hydrogen-bond donors (Lipinski definition) is 5. The maximum absolute atomic E-state index is 16.2. The summed E-state index contributed by atoms with van der Waals surface area (Å²) in [6, 6.07) is 14.0. The first kappa shape index (κ1) is 42.3.